The Morgan fingerprint density at radius 2 is 2.00 bits per heavy atom. The maximum Gasteiger partial charge on any atom is 0.203 e. The number of nitrogens with zero attached hydrogens (tertiary/aromatic N) is 2. The number of nitrogens with one attached hydrogen (secondary N) is 1. The van der Waals surface area contributed by atoms with Gasteiger partial charge in [0.1, 0.15) is 5.75 Å². The first kappa shape index (κ1) is 18.7. The number of hydrogen-bond donors (Lipinski definition) is 2. The Bertz CT molecular complexity index is 963. The van der Waals surface area contributed by atoms with E-state index in [0.29, 0.717) is 25.2 Å². The second-order valence-electron chi connectivity index (χ2n) is 4.86. The maximum absolute atomic E-state index is 10.00. The Labute approximate surface area is 174 Å². The lowest BCUT2D eigenvalue weighted by molar-refractivity contribution is 0.471. The summed E-state index contributed by atoms with van der Waals surface area (Å²) in [6, 6.07) is 8.77. The highest BCUT2D eigenvalue weighted by atomic mass is 79.9. The zero-order chi connectivity index (χ0) is 18.0. The van der Waals surface area contributed by atoms with Gasteiger partial charge in [-0.1, -0.05) is 39.1 Å². The van der Waals surface area contributed by atoms with E-state index in [1.165, 1.54) is 17.6 Å². The molecule has 0 atom stereocenters. The van der Waals surface area contributed by atoms with E-state index in [1.807, 2.05) is 11.4 Å². The molecule has 128 valence electrons. The van der Waals surface area contributed by atoms with Gasteiger partial charge in [0.2, 0.25) is 5.13 Å². The predicted molar refractivity (Wildman–Crippen MR) is 112 cm³/mol. The standard InChI is InChI=1S/C16H9Br2Cl2N3OS/c17-9-3-8(15(24)12(18)4-9)6-21-23-16-22-14(7-25-16)11-2-1-10(19)5-13(11)20/h1-7,24H,(H,22,23)/b21-6-. The van der Waals surface area contributed by atoms with E-state index in [4.69, 9.17) is 23.2 Å². The Balaban J connectivity index is 1.76. The van der Waals surface area contributed by atoms with Crippen LogP contribution in [0.4, 0.5) is 5.13 Å². The molecule has 0 fully saturated rings. The third kappa shape index (κ3) is 4.54. The van der Waals surface area contributed by atoms with Gasteiger partial charge in [-0.3, -0.25) is 5.43 Å². The van der Waals surface area contributed by atoms with Crippen molar-refractivity contribution in [3.8, 4) is 17.0 Å². The van der Waals surface area contributed by atoms with Crippen LogP contribution < -0.4 is 5.43 Å². The third-order valence-corrected chi connectivity index (χ3v) is 5.49. The summed E-state index contributed by atoms with van der Waals surface area (Å²) in [6.45, 7) is 0. The molecule has 0 spiro atoms. The zero-order valence-electron chi connectivity index (χ0n) is 12.3. The highest BCUT2D eigenvalue weighted by Gasteiger charge is 2.09. The molecular formula is C16H9Br2Cl2N3OS. The summed E-state index contributed by atoms with van der Waals surface area (Å²) < 4.78 is 1.41. The van der Waals surface area contributed by atoms with Crippen LogP contribution in [-0.4, -0.2) is 16.3 Å². The number of thiazole rings is 1. The summed E-state index contributed by atoms with van der Waals surface area (Å²) in [7, 11) is 0. The molecule has 4 nitrogen and oxygen atoms in total. The lowest BCUT2D eigenvalue weighted by Gasteiger charge is -2.02. The molecule has 2 N–H and O–H groups in total. The Morgan fingerprint density at radius 3 is 2.76 bits per heavy atom. The van der Waals surface area contributed by atoms with Crippen LogP contribution in [0.2, 0.25) is 10.0 Å². The lowest BCUT2D eigenvalue weighted by atomic mass is 10.2. The van der Waals surface area contributed by atoms with Crippen molar-refractivity contribution >= 4 is 77.7 Å². The number of hydrogen-bond acceptors (Lipinski definition) is 5. The molecule has 0 aliphatic rings. The zero-order valence-corrected chi connectivity index (χ0v) is 17.8. The molecule has 1 aromatic heterocycles. The SMILES string of the molecule is Oc1c(Br)cc(Br)cc1/C=N\Nc1nc(-c2ccc(Cl)cc2Cl)cs1. The third-order valence-electron chi connectivity index (χ3n) is 3.13. The summed E-state index contributed by atoms with van der Waals surface area (Å²) >= 11 is 20.2. The van der Waals surface area contributed by atoms with Crippen molar-refractivity contribution in [2.75, 3.05) is 5.43 Å². The Kier molecular flexibility index (Phi) is 6.01. The second-order valence-corrected chi connectivity index (χ2v) is 8.33. The predicted octanol–water partition coefficient (Wildman–Crippen LogP) is 6.79. The number of hydrazone groups is 1. The van der Waals surface area contributed by atoms with Crippen molar-refractivity contribution in [1.82, 2.24) is 4.98 Å². The smallest absolute Gasteiger partial charge is 0.203 e. The van der Waals surface area contributed by atoms with E-state index >= 15 is 0 Å². The van der Waals surface area contributed by atoms with Crippen LogP contribution in [0.3, 0.4) is 0 Å². The molecule has 1 heterocycles. The van der Waals surface area contributed by atoms with Gasteiger partial charge in [0.15, 0.2) is 0 Å². The second kappa shape index (κ2) is 8.05. The van der Waals surface area contributed by atoms with Crippen molar-refractivity contribution in [3.63, 3.8) is 0 Å². The summed E-state index contributed by atoms with van der Waals surface area (Å²) in [6.07, 6.45) is 1.52. The summed E-state index contributed by atoms with van der Waals surface area (Å²) in [5, 5.41) is 17.7. The quantitative estimate of drug-likeness (QED) is 0.293. The minimum atomic E-state index is 0.113. The molecule has 3 rings (SSSR count). The normalized spacial score (nSPS) is 11.2. The number of rotatable bonds is 4. The van der Waals surface area contributed by atoms with Crippen LogP contribution >= 0.6 is 66.4 Å². The average Bonchev–Trinajstić information content (AvgIpc) is 3.00. The van der Waals surface area contributed by atoms with Gasteiger partial charge in [0.25, 0.3) is 0 Å². The summed E-state index contributed by atoms with van der Waals surface area (Å²) in [4.78, 5) is 4.44. The van der Waals surface area contributed by atoms with Crippen molar-refractivity contribution < 1.29 is 5.11 Å². The van der Waals surface area contributed by atoms with Gasteiger partial charge in [-0.25, -0.2) is 4.98 Å². The number of benzene rings is 2. The van der Waals surface area contributed by atoms with Crippen LogP contribution in [0, 0.1) is 0 Å². The molecular weight excluding hydrogens is 513 g/mol. The molecule has 0 bridgehead atoms. The first-order valence-corrected chi connectivity index (χ1v) is 10.0. The lowest BCUT2D eigenvalue weighted by Crippen LogP contribution is -1.91. The number of aromatic nitrogens is 1. The van der Waals surface area contributed by atoms with Crippen LogP contribution in [0.25, 0.3) is 11.3 Å². The highest BCUT2D eigenvalue weighted by Crippen LogP contribution is 2.33. The van der Waals surface area contributed by atoms with Gasteiger partial charge in [-0.15, -0.1) is 11.3 Å². The number of phenolic OH excluding ortho intramolecular Hbond substituents is 1. The van der Waals surface area contributed by atoms with Crippen LogP contribution in [-0.2, 0) is 0 Å². The molecule has 0 saturated carbocycles. The minimum Gasteiger partial charge on any atom is -0.506 e. The van der Waals surface area contributed by atoms with E-state index in [-0.39, 0.29) is 5.75 Å². The summed E-state index contributed by atoms with van der Waals surface area (Å²) in [5.41, 5.74) is 4.94. The Hall–Kier alpha value is -1.12. The molecule has 0 radical (unpaired) electrons. The van der Waals surface area contributed by atoms with E-state index in [1.54, 1.807) is 24.3 Å². The number of phenols is 1. The van der Waals surface area contributed by atoms with Crippen LogP contribution in [0.15, 0.2) is 49.8 Å². The largest absolute Gasteiger partial charge is 0.506 e. The minimum absolute atomic E-state index is 0.113. The number of aromatic hydroxyl groups is 1. The first-order chi connectivity index (χ1) is 11.9. The van der Waals surface area contributed by atoms with E-state index in [0.717, 1.165) is 15.7 Å². The van der Waals surface area contributed by atoms with Crippen LogP contribution in [0.1, 0.15) is 5.56 Å². The number of halogens is 4. The van der Waals surface area contributed by atoms with Gasteiger partial charge in [-0.2, -0.15) is 5.10 Å². The molecule has 0 unspecified atom stereocenters. The van der Waals surface area contributed by atoms with E-state index in [9.17, 15) is 5.11 Å². The fraction of sp³-hybridized carbons (Fsp3) is 0. The fourth-order valence-corrected chi connectivity index (χ4v) is 4.41. The van der Waals surface area contributed by atoms with Crippen molar-refractivity contribution in [2.45, 2.75) is 0 Å². The monoisotopic (exact) mass is 519 g/mol. The van der Waals surface area contributed by atoms with Gasteiger partial charge in [0.05, 0.1) is 21.4 Å². The van der Waals surface area contributed by atoms with Gasteiger partial charge in [0, 0.05) is 26.0 Å². The van der Waals surface area contributed by atoms with Crippen molar-refractivity contribution in [2.24, 2.45) is 5.10 Å². The van der Waals surface area contributed by atoms with Crippen LogP contribution in [0.5, 0.6) is 5.75 Å². The molecule has 0 aliphatic carbocycles. The molecule has 25 heavy (non-hydrogen) atoms. The number of anilines is 1. The van der Waals surface area contributed by atoms with E-state index in [2.05, 4.69) is 47.4 Å². The highest BCUT2D eigenvalue weighted by molar-refractivity contribution is 9.11. The first-order valence-electron chi connectivity index (χ1n) is 6.82. The van der Waals surface area contributed by atoms with E-state index < -0.39 is 0 Å². The molecule has 0 amide bonds. The maximum atomic E-state index is 10.00. The molecule has 9 heteroatoms. The van der Waals surface area contributed by atoms with Crippen molar-refractivity contribution in [1.29, 1.82) is 0 Å². The van der Waals surface area contributed by atoms with Crippen molar-refractivity contribution in [3.05, 3.63) is 60.3 Å². The van der Waals surface area contributed by atoms with Gasteiger partial charge < -0.3 is 5.11 Å². The Morgan fingerprint density at radius 1 is 1.20 bits per heavy atom. The average molecular weight is 522 g/mol. The molecule has 0 saturated heterocycles. The molecule has 0 aliphatic heterocycles. The summed E-state index contributed by atoms with van der Waals surface area (Å²) in [5.74, 6) is 0.113. The fourth-order valence-electron chi connectivity index (χ4n) is 1.99. The van der Waals surface area contributed by atoms with Gasteiger partial charge >= 0.3 is 0 Å². The topological polar surface area (TPSA) is 57.5 Å². The molecule has 3 aromatic rings. The van der Waals surface area contributed by atoms with Gasteiger partial charge in [-0.05, 0) is 46.3 Å². The molecule has 2 aromatic carbocycles.